The molecule has 3 aromatic rings. The van der Waals surface area contributed by atoms with E-state index < -0.39 is 29.5 Å². The van der Waals surface area contributed by atoms with Crippen LogP contribution in [0.3, 0.4) is 0 Å². The minimum absolute atomic E-state index is 0.0748. The Morgan fingerprint density at radius 1 is 1.12 bits per heavy atom. The third kappa shape index (κ3) is 3.98. The summed E-state index contributed by atoms with van der Waals surface area (Å²) in [4.78, 5) is 31.9. The second-order valence-corrected chi connectivity index (χ2v) is 8.23. The maximum atomic E-state index is 13.7. The predicted octanol–water partition coefficient (Wildman–Crippen LogP) is 4.02. The number of esters is 1. The third-order valence-corrected chi connectivity index (χ3v) is 6.04. The number of hydrogen-bond donors (Lipinski definition) is 1. The number of amides is 1. The van der Waals surface area contributed by atoms with E-state index in [4.69, 9.17) is 4.74 Å². The summed E-state index contributed by atoms with van der Waals surface area (Å²) < 4.78 is 45.8. The highest BCUT2D eigenvalue weighted by Gasteiger charge is 2.38. The van der Waals surface area contributed by atoms with Crippen molar-refractivity contribution in [2.75, 3.05) is 23.4 Å². The van der Waals surface area contributed by atoms with E-state index in [9.17, 15) is 22.8 Å². The summed E-state index contributed by atoms with van der Waals surface area (Å²) in [6.45, 7) is 0.902. The maximum absolute atomic E-state index is 13.7. The average molecular weight is 467 g/mol. The van der Waals surface area contributed by atoms with E-state index in [1.165, 1.54) is 11.1 Å². The molecule has 1 fully saturated rings. The standard InChI is InChI=1S/C25H20F3N3O3/c26-18-11-15(12-19(27)23(18)28)10-14-4-7-30-22(13-14)31(21-6-9-34-25(21)33)24(32)17-2-1-3-20-16(17)5-8-29-20/h1-4,7,11-13,21,29H,5-6,8-10H2/t21-/m1/s1. The van der Waals surface area contributed by atoms with Gasteiger partial charge < -0.3 is 10.1 Å². The molecule has 174 valence electrons. The van der Waals surface area contributed by atoms with Crippen LogP contribution in [0.1, 0.15) is 33.5 Å². The van der Waals surface area contributed by atoms with Crippen molar-refractivity contribution in [3.05, 3.63) is 88.4 Å². The van der Waals surface area contributed by atoms with Gasteiger partial charge in [-0.1, -0.05) is 6.07 Å². The van der Waals surface area contributed by atoms with E-state index in [1.807, 2.05) is 6.07 Å². The fourth-order valence-corrected chi connectivity index (χ4v) is 4.45. The molecule has 9 heteroatoms. The fourth-order valence-electron chi connectivity index (χ4n) is 4.45. The number of nitrogens with zero attached hydrogens (tertiary/aromatic N) is 2. The highest BCUT2D eigenvalue weighted by Crippen LogP contribution is 2.30. The number of carbonyl (C=O) groups excluding carboxylic acids is 2. The van der Waals surface area contributed by atoms with Crippen molar-refractivity contribution in [1.82, 2.24) is 4.98 Å². The Kier molecular flexibility index (Phi) is 5.69. The minimum atomic E-state index is -1.53. The number of cyclic esters (lactones) is 1. The first-order valence-corrected chi connectivity index (χ1v) is 10.9. The van der Waals surface area contributed by atoms with Crippen molar-refractivity contribution >= 4 is 23.4 Å². The number of nitrogens with one attached hydrogen (secondary N) is 1. The zero-order valence-electron chi connectivity index (χ0n) is 18.0. The number of ether oxygens (including phenoxy) is 1. The number of fused-ring (bicyclic) bond motifs is 1. The number of anilines is 2. The molecule has 1 aromatic heterocycles. The quantitative estimate of drug-likeness (QED) is 0.454. The Bertz CT molecular complexity index is 1270. The molecule has 0 unspecified atom stereocenters. The zero-order valence-corrected chi connectivity index (χ0v) is 18.0. The van der Waals surface area contributed by atoms with Crippen LogP contribution in [-0.2, 0) is 22.4 Å². The molecule has 2 aromatic carbocycles. The minimum Gasteiger partial charge on any atom is -0.464 e. The number of benzene rings is 2. The smallest absolute Gasteiger partial charge is 0.329 e. The van der Waals surface area contributed by atoms with Crippen LogP contribution < -0.4 is 10.2 Å². The molecular weight excluding hydrogens is 447 g/mol. The summed E-state index contributed by atoms with van der Waals surface area (Å²) in [5.41, 5.74) is 3.02. The first-order chi connectivity index (χ1) is 16.4. The van der Waals surface area contributed by atoms with E-state index in [0.717, 1.165) is 23.4 Å². The second kappa shape index (κ2) is 8.81. The first kappa shape index (κ1) is 21.9. The van der Waals surface area contributed by atoms with Crippen LogP contribution in [-0.4, -0.2) is 36.1 Å². The highest BCUT2D eigenvalue weighted by molar-refractivity contribution is 6.10. The van der Waals surface area contributed by atoms with Crippen molar-refractivity contribution in [3.8, 4) is 0 Å². The molecule has 0 spiro atoms. The molecule has 0 aliphatic carbocycles. The van der Waals surface area contributed by atoms with Gasteiger partial charge in [0.1, 0.15) is 11.9 Å². The second-order valence-electron chi connectivity index (χ2n) is 8.23. The summed E-state index contributed by atoms with van der Waals surface area (Å²) in [7, 11) is 0. The van der Waals surface area contributed by atoms with Crippen molar-refractivity contribution in [1.29, 1.82) is 0 Å². The molecule has 2 aliphatic rings. The van der Waals surface area contributed by atoms with Crippen molar-refractivity contribution in [2.45, 2.75) is 25.3 Å². The van der Waals surface area contributed by atoms with Crippen LogP contribution in [0.2, 0.25) is 0 Å². The van der Waals surface area contributed by atoms with Crippen molar-refractivity contribution < 1.29 is 27.5 Å². The summed E-state index contributed by atoms with van der Waals surface area (Å²) in [5.74, 6) is -4.76. The summed E-state index contributed by atoms with van der Waals surface area (Å²) in [5, 5.41) is 3.24. The van der Waals surface area contributed by atoms with E-state index in [0.29, 0.717) is 30.5 Å². The Hall–Kier alpha value is -3.88. The van der Waals surface area contributed by atoms with E-state index in [-0.39, 0.29) is 30.3 Å². The van der Waals surface area contributed by atoms with Gasteiger partial charge in [-0.25, -0.2) is 22.9 Å². The summed E-state index contributed by atoms with van der Waals surface area (Å²) in [6.07, 6.45) is 2.53. The van der Waals surface area contributed by atoms with E-state index in [1.54, 1.807) is 24.3 Å². The third-order valence-electron chi connectivity index (χ3n) is 6.04. The first-order valence-electron chi connectivity index (χ1n) is 10.9. The van der Waals surface area contributed by atoms with Crippen LogP contribution in [0.4, 0.5) is 24.7 Å². The molecule has 2 aliphatic heterocycles. The number of hydrogen-bond acceptors (Lipinski definition) is 5. The lowest BCUT2D eigenvalue weighted by Gasteiger charge is -2.26. The molecule has 0 saturated carbocycles. The lowest BCUT2D eigenvalue weighted by atomic mass is 10.0. The molecule has 5 rings (SSSR count). The SMILES string of the molecule is O=C1OCC[C@H]1N(C(=O)c1cccc2c1CCN2)c1cc(Cc2cc(F)c(F)c(F)c2)ccn1. The molecule has 1 amide bonds. The molecule has 3 heterocycles. The van der Waals surface area contributed by atoms with Gasteiger partial charge in [-0.05, 0) is 65.9 Å². The average Bonchev–Trinajstić information content (AvgIpc) is 3.47. The lowest BCUT2D eigenvalue weighted by molar-refractivity contribution is -0.139. The Morgan fingerprint density at radius 2 is 1.91 bits per heavy atom. The van der Waals surface area contributed by atoms with Gasteiger partial charge in [0.15, 0.2) is 17.5 Å². The van der Waals surface area contributed by atoms with Crippen molar-refractivity contribution in [3.63, 3.8) is 0 Å². The number of carbonyl (C=O) groups is 2. The number of halogens is 3. The van der Waals surface area contributed by atoms with Gasteiger partial charge in [-0.15, -0.1) is 0 Å². The maximum Gasteiger partial charge on any atom is 0.329 e. The van der Waals surface area contributed by atoms with E-state index >= 15 is 0 Å². The Labute approximate surface area is 193 Å². The number of pyridine rings is 1. The molecule has 0 radical (unpaired) electrons. The molecule has 1 saturated heterocycles. The molecule has 0 bridgehead atoms. The van der Waals surface area contributed by atoms with Crippen LogP contribution in [0.15, 0.2) is 48.7 Å². The zero-order chi connectivity index (χ0) is 23.8. The van der Waals surface area contributed by atoms with Crippen molar-refractivity contribution in [2.24, 2.45) is 0 Å². The summed E-state index contributed by atoms with van der Waals surface area (Å²) >= 11 is 0. The van der Waals surface area contributed by atoms with Gasteiger partial charge in [-0.2, -0.15) is 0 Å². The topological polar surface area (TPSA) is 71.5 Å². The van der Waals surface area contributed by atoms with E-state index in [2.05, 4.69) is 10.3 Å². The van der Waals surface area contributed by atoms with Crippen LogP contribution in [0.5, 0.6) is 0 Å². The predicted molar refractivity (Wildman–Crippen MR) is 118 cm³/mol. The van der Waals surface area contributed by atoms with Gasteiger partial charge in [-0.3, -0.25) is 9.69 Å². The molecule has 1 atom stereocenters. The van der Waals surface area contributed by atoms with Gasteiger partial charge in [0.2, 0.25) is 0 Å². The van der Waals surface area contributed by atoms with Gasteiger partial charge >= 0.3 is 5.97 Å². The largest absolute Gasteiger partial charge is 0.464 e. The van der Waals surface area contributed by atoms with Gasteiger partial charge in [0, 0.05) is 30.4 Å². The fraction of sp³-hybridized carbons (Fsp3) is 0.240. The monoisotopic (exact) mass is 467 g/mol. The van der Waals surface area contributed by atoms with Gasteiger partial charge in [0.05, 0.1) is 6.61 Å². The molecule has 1 N–H and O–H groups in total. The van der Waals surface area contributed by atoms with Crippen LogP contribution >= 0.6 is 0 Å². The summed E-state index contributed by atoms with van der Waals surface area (Å²) in [6, 6.07) is 9.61. The Morgan fingerprint density at radius 3 is 2.65 bits per heavy atom. The number of aromatic nitrogens is 1. The Balaban J connectivity index is 1.52. The normalized spacial score (nSPS) is 16.7. The molecule has 6 nitrogen and oxygen atoms in total. The van der Waals surface area contributed by atoms with Crippen LogP contribution in [0.25, 0.3) is 0 Å². The molecule has 34 heavy (non-hydrogen) atoms. The highest BCUT2D eigenvalue weighted by atomic mass is 19.2. The molecular formula is C25H20F3N3O3. The van der Waals surface area contributed by atoms with Crippen LogP contribution in [0, 0.1) is 17.5 Å². The number of rotatable bonds is 5. The van der Waals surface area contributed by atoms with Gasteiger partial charge in [0.25, 0.3) is 5.91 Å². The lowest BCUT2D eigenvalue weighted by Crippen LogP contribution is -2.44.